The van der Waals surface area contributed by atoms with E-state index in [0.717, 1.165) is 0 Å². The molecule has 0 aliphatic rings. The van der Waals surface area contributed by atoms with Crippen molar-refractivity contribution < 1.29 is 13.2 Å². The highest BCUT2D eigenvalue weighted by molar-refractivity contribution is 9.10. The third-order valence-electron chi connectivity index (χ3n) is 2.48. The fraction of sp³-hybridized carbons (Fsp3) is 0.0909. The summed E-state index contributed by atoms with van der Waals surface area (Å²) in [5, 5.41) is 11.6. The Balaban J connectivity index is 2.25. The fourth-order valence-corrected chi connectivity index (χ4v) is 2.68. The lowest BCUT2D eigenvalue weighted by atomic mass is 10.3. The van der Waals surface area contributed by atoms with Crippen LogP contribution in [-0.4, -0.2) is 24.1 Å². The van der Waals surface area contributed by atoms with Crippen LogP contribution in [0.4, 0.5) is 5.69 Å². The molecule has 106 valence electrons. The van der Waals surface area contributed by atoms with Gasteiger partial charge in [-0.3, -0.25) is 9.48 Å². The Morgan fingerprint density at radius 3 is 2.65 bits per heavy atom. The molecule has 1 amide bonds. The van der Waals surface area contributed by atoms with Crippen LogP contribution in [0.15, 0.2) is 40.0 Å². The maximum absolute atomic E-state index is 11.9. The molecule has 0 unspecified atom stereocenters. The fourth-order valence-electron chi connectivity index (χ4n) is 1.51. The molecule has 0 radical (unpaired) electrons. The minimum Gasteiger partial charge on any atom is -0.321 e. The number of aromatic nitrogens is 2. The number of aryl methyl sites for hydroxylation is 1. The minimum atomic E-state index is -3.78. The Bertz CT molecular complexity index is 770. The number of carbonyl (C=O) groups excluding carboxylic acids is 1. The van der Waals surface area contributed by atoms with Crippen LogP contribution in [0.1, 0.15) is 10.4 Å². The number of benzene rings is 1. The van der Waals surface area contributed by atoms with Gasteiger partial charge in [-0.1, -0.05) is 0 Å². The number of hydrogen-bond donors (Lipinski definition) is 2. The van der Waals surface area contributed by atoms with Gasteiger partial charge in [0.1, 0.15) is 0 Å². The normalized spacial score (nSPS) is 11.3. The van der Waals surface area contributed by atoms with Crippen LogP contribution in [0.3, 0.4) is 0 Å². The van der Waals surface area contributed by atoms with Crippen molar-refractivity contribution >= 4 is 37.5 Å². The highest BCUT2D eigenvalue weighted by Crippen LogP contribution is 2.25. The van der Waals surface area contributed by atoms with Crippen molar-refractivity contribution in [2.24, 2.45) is 12.2 Å². The van der Waals surface area contributed by atoms with Crippen LogP contribution in [0.5, 0.6) is 0 Å². The molecule has 1 heterocycles. The number of nitrogens with zero attached hydrogens (tertiary/aromatic N) is 2. The minimum absolute atomic E-state index is 0.0382. The molecule has 9 heteroatoms. The van der Waals surface area contributed by atoms with Crippen molar-refractivity contribution in [1.82, 2.24) is 9.78 Å². The van der Waals surface area contributed by atoms with E-state index in [9.17, 15) is 13.2 Å². The number of halogens is 1. The topological polar surface area (TPSA) is 107 Å². The van der Waals surface area contributed by atoms with Gasteiger partial charge in [-0.2, -0.15) is 5.10 Å². The SMILES string of the molecule is Cn1cc(C(=O)Nc2ccc(S(N)(=O)=O)cc2Br)cn1. The van der Waals surface area contributed by atoms with E-state index >= 15 is 0 Å². The second-order valence-corrected chi connectivity index (χ2v) is 6.46. The second-order valence-electron chi connectivity index (χ2n) is 4.04. The molecule has 0 saturated carbocycles. The van der Waals surface area contributed by atoms with Crippen molar-refractivity contribution in [2.45, 2.75) is 4.90 Å². The molecule has 0 spiro atoms. The summed E-state index contributed by atoms with van der Waals surface area (Å²) in [6.07, 6.45) is 3.00. The first-order chi connectivity index (χ1) is 9.27. The first-order valence-electron chi connectivity index (χ1n) is 5.40. The van der Waals surface area contributed by atoms with Crippen molar-refractivity contribution in [1.29, 1.82) is 0 Å². The standard InChI is InChI=1S/C11H11BrN4O3S/c1-16-6-7(5-14-16)11(17)15-10-3-2-8(4-9(10)12)20(13,18)19/h2-6H,1H3,(H,15,17)(H2,13,18,19). The predicted molar refractivity (Wildman–Crippen MR) is 76.7 cm³/mol. The predicted octanol–water partition coefficient (Wildman–Crippen LogP) is 1.08. The van der Waals surface area contributed by atoms with E-state index in [1.54, 1.807) is 13.2 Å². The lowest BCUT2D eigenvalue weighted by molar-refractivity contribution is 0.102. The number of sulfonamides is 1. The molecule has 1 aromatic carbocycles. The van der Waals surface area contributed by atoms with Crippen LogP contribution < -0.4 is 10.5 Å². The summed E-state index contributed by atoms with van der Waals surface area (Å²) in [4.78, 5) is 11.9. The summed E-state index contributed by atoms with van der Waals surface area (Å²) in [6, 6.07) is 4.10. The van der Waals surface area contributed by atoms with Gasteiger partial charge in [0.05, 0.1) is 22.3 Å². The summed E-state index contributed by atoms with van der Waals surface area (Å²) < 4.78 is 24.3. The monoisotopic (exact) mass is 358 g/mol. The molecular formula is C11H11BrN4O3S. The molecular weight excluding hydrogens is 348 g/mol. The van der Waals surface area contributed by atoms with E-state index in [-0.39, 0.29) is 10.8 Å². The van der Waals surface area contributed by atoms with Crippen molar-refractivity contribution in [3.05, 3.63) is 40.6 Å². The molecule has 3 N–H and O–H groups in total. The van der Waals surface area contributed by atoms with E-state index < -0.39 is 10.0 Å². The van der Waals surface area contributed by atoms with E-state index in [4.69, 9.17) is 5.14 Å². The van der Waals surface area contributed by atoms with Crippen molar-refractivity contribution in [3.8, 4) is 0 Å². The summed E-state index contributed by atoms with van der Waals surface area (Å²) in [5.74, 6) is -0.345. The summed E-state index contributed by atoms with van der Waals surface area (Å²) >= 11 is 3.19. The van der Waals surface area contributed by atoms with Crippen molar-refractivity contribution in [2.75, 3.05) is 5.32 Å². The Morgan fingerprint density at radius 1 is 1.45 bits per heavy atom. The molecule has 0 aliphatic heterocycles. The maximum Gasteiger partial charge on any atom is 0.258 e. The lowest BCUT2D eigenvalue weighted by Crippen LogP contribution is -2.14. The maximum atomic E-state index is 11.9. The van der Waals surface area contributed by atoms with Crippen LogP contribution in [0.25, 0.3) is 0 Å². The molecule has 1 aromatic heterocycles. The molecule has 0 aliphatic carbocycles. The molecule has 0 bridgehead atoms. The zero-order valence-electron chi connectivity index (χ0n) is 10.4. The van der Waals surface area contributed by atoms with E-state index in [1.165, 1.54) is 29.1 Å². The second kappa shape index (κ2) is 5.35. The number of nitrogens with one attached hydrogen (secondary N) is 1. The van der Waals surface area contributed by atoms with Crippen LogP contribution in [0.2, 0.25) is 0 Å². The van der Waals surface area contributed by atoms with Gasteiger partial charge in [0.25, 0.3) is 5.91 Å². The molecule has 20 heavy (non-hydrogen) atoms. The lowest BCUT2D eigenvalue weighted by Gasteiger charge is -2.07. The number of amides is 1. The zero-order valence-corrected chi connectivity index (χ0v) is 12.8. The molecule has 0 saturated heterocycles. The van der Waals surface area contributed by atoms with Crippen molar-refractivity contribution in [3.63, 3.8) is 0 Å². The number of carbonyl (C=O) groups is 1. The molecule has 7 nitrogen and oxygen atoms in total. The number of nitrogens with two attached hydrogens (primary N) is 1. The average Bonchev–Trinajstić information content (AvgIpc) is 2.77. The van der Waals surface area contributed by atoms with Gasteiger partial charge in [0, 0.05) is 17.7 Å². The van der Waals surface area contributed by atoms with Gasteiger partial charge in [-0.05, 0) is 34.1 Å². The van der Waals surface area contributed by atoms with Gasteiger partial charge in [-0.25, -0.2) is 13.6 Å². The van der Waals surface area contributed by atoms with Crippen LogP contribution in [0, 0.1) is 0 Å². The number of rotatable bonds is 3. The van der Waals surface area contributed by atoms with Gasteiger partial charge >= 0.3 is 0 Å². The van der Waals surface area contributed by atoms with Gasteiger partial charge < -0.3 is 5.32 Å². The molecule has 0 fully saturated rings. The van der Waals surface area contributed by atoms with Gasteiger partial charge in [-0.15, -0.1) is 0 Å². The Morgan fingerprint density at radius 2 is 2.15 bits per heavy atom. The number of primary sulfonamides is 1. The largest absolute Gasteiger partial charge is 0.321 e. The number of hydrogen-bond acceptors (Lipinski definition) is 4. The van der Waals surface area contributed by atoms with Gasteiger partial charge in [0.2, 0.25) is 10.0 Å². The first kappa shape index (κ1) is 14.7. The Hall–Kier alpha value is -1.71. The summed E-state index contributed by atoms with van der Waals surface area (Å²) in [7, 11) is -2.07. The quantitative estimate of drug-likeness (QED) is 0.855. The summed E-state index contributed by atoms with van der Waals surface area (Å²) in [5.41, 5.74) is 0.834. The van der Waals surface area contributed by atoms with E-state index in [2.05, 4.69) is 26.3 Å². The molecule has 2 aromatic rings. The number of anilines is 1. The Kier molecular flexibility index (Phi) is 3.93. The van der Waals surface area contributed by atoms with Crippen LogP contribution >= 0.6 is 15.9 Å². The zero-order chi connectivity index (χ0) is 14.9. The van der Waals surface area contributed by atoms with Gasteiger partial charge in [0.15, 0.2) is 0 Å². The van der Waals surface area contributed by atoms with E-state index in [1.807, 2.05) is 0 Å². The third-order valence-corrected chi connectivity index (χ3v) is 4.05. The highest BCUT2D eigenvalue weighted by atomic mass is 79.9. The summed E-state index contributed by atoms with van der Waals surface area (Å²) in [6.45, 7) is 0. The van der Waals surface area contributed by atoms with Crippen LogP contribution in [-0.2, 0) is 17.1 Å². The smallest absolute Gasteiger partial charge is 0.258 e. The van der Waals surface area contributed by atoms with E-state index in [0.29, 0.717) is 15.7 Å². The first-order valence-corrected chi connectivity index (χ1v) is 7.73. The highest BCUT2D eigenvalue weighted by Gasteiger charge is 2.13. The average molecular weight is 359 g/mol. The molecule has 2 rings (SSSR count). The third kappa shape index (κ3) is 3.24. The molecule has 0 atom stereocenters. The Labute approximate surface area is 124 Å².